The molecule has 0 aliphatic heterocycles. The van der Waals surface area contributed by atoms with Gasteiger partial charge < -0.3 is 15.4 Å². The lowest BCUT2D eigenvalue weighted by Crippen LogP contribution is -2.34. The Morgan fingerprint density at radius 2 is 1.89 bits per heavy atom. The van der Waals surface area contributed by atoms with Crippen LogP contribution in [0.15, 0.2) is 29.3 Å². The van der Waals surface area contributed by atoms with E-state index in [-0.39, 0.29) is 22.6 Å². The second-order valence-electron chi connectivity index (χ2n) is 5.00. The highest BCUT2D eigenvalue weighted by Gasteiger charge is 2.14. The summed E-state index contributed by atoms with van der Waals surface area (Å²) in [6.45, 7) is 6.82. The third-order valence-corrected chi connectivity index (χ3v) is 2.30. The molecule has 0 saturated heterocycles. The van der Waals surface area contributed by atoms with Gasteiger partial charge in [0.2, 0.25) is 0 Å². The molecule has 0 aliphatic rings. The molecule has 1 rings (SSSR count). The summed E-state index contributed by atoms with van der Waals surface area (Å²) < 4.78 is 5.93. The van der Waals surface area contributed by atoms with E-state index in [2.05, 4.69) is 21.7 Å². The Morgan fingerprint density at radius 3 is 2.42 bits per heavy atom. The Hall–Kier alpha value is -1.23. The number of guanidine groups is 1. The summed E-state index contributed by atoms with van der Waals surface area (Å²) in [6, 6.07) is 8.04. The number of benzene rings is 1. The van der Waals surface area contributed by atoms with Gasteiger partial charge >= 0.3 is 0 Å². The van der Waals surface area contributed by atoms with E-state index in [0.717, 1.165) is 17.3 Å². The molecule has 0 aromatic heterocycles. The summed E-state index contributed by atoms with van der Waals surface area (Å²) >= 11 is 0. The van der Waals surface area contributed by atoms with Crippen molar-refractivity contribution in [3.63, 3.8) is 0 Å². The number of hydrogen-bond donors (Lipinski definition) is 2. The summed E-state index contributed by atoms with van der Waals surface area (Å²) in [5.74, 6) is 1.67. The fraction of sp³-hybridized carbons (Fsp3) is 0.500. The normalized spacial score (nSPS) is 11.5. The van der Waals surface area contributed by atoms with Crippen molar-refractivity contribution in [3.8, 4) is 5.75 Å². The first-order valence-corrected chi connectivity index (χ1v) is 6.11. The minimum atomic E-state index is -0.194. The van der Waals surface area contributed by atoms with Crippen LogP contribution in [0.1, 0.15) is 26.3 Å². The topological polar surface area (TPSA) is 45.7 Å². The second kappa shape index (κ2) is 8.04. The summed E-state index contributed by atoms with van der Waals surface area (Å²) in [5.41, 5.74) is 0.921. The molecule has 0 bridgehead atoms. The molecule has 0 amide bonds. The highest BCUT2D eigenvalue weighted by atomic mass is 79.9. The Morgan fingerprint density at radius 1 is 1.26 bits per heavy atom. The van der Waals surface area contributed by atoms with Crippen molar-refractivity contribution in [2.45, 2.75) is 32.9 Å². The molecule has 1 aromatic rings. The number of nitrogens with zero attached hydrogens (tertiary/aromatic N) is 1. The number of aliphatic imine (C=N–C) groups is 1. The average molecular weight is 330 g/mol. The third-order valence-electron chi connectivity index (χ3n) is 2.30. The maximum atomic E-state index is 5.93. The molecule has 108 valence electrons. The number of ether oxygens (including phenoxy) is 1. The van der Waals surface area contributed by atoms with Crippen LogP contribution in [-0.4, -0.2) is 25.7 Å². The Balaban J connectivity index is 0.00000324. The van der Waals surface area contributed by atoms with E-state index >= 15 is 0 Å². The molecule has 0 heterocycles. The molecule has 0 unspecified atom stereocenters. The minimum Gasteiger partial charge on any atom is -0.488 e. The van der Waals surface area contributed by atoms with Crippen molar-refractivity contribution in [2.75, 3.05) is 14.1 Å². The zero-order valence-corrected chi connectivity index (χ0v) is 14.0. The van der Waals surface area contributed by atoms with E-state index in [1.165, 1.54) is 0 Å². The first kappa shape index (κ1) is 17.8. The van der Waals surface area contributed by atoms with E-state index < -0.39 is 0 Å². The lowest BCUT2D eigenvalue weighted by atomic mass is 10.1. The highest BCUT2D eigenvalue weighted by Crippen LogP contribution is 2.22. The fourth-order valence-electron chi connectivity index (χ4n) is 1.54. The number of halogens is 1. The van der Waals surface area contributed by atoms with Crippen LogP contribution in [0.25, 0.3) is 0 Å². The maximum Gasteiger partial charge on any atom is 0.190 e. The lowest BCUT2D eigenvalue weighted by Gasteiger charge is -2.23. The van der Waals surface area contributed by atoms with Gasteiger partial charge in [0.05, 0.1) is 0 Å². The third kappa shape index (κ3) is 6.47. The molecule has 19 heavy (non-hydrogen) atoms. The monoisotopic (exact) mass is 329 g/mol. The number of nitrogens with one attached hydrogen (secondary N) is 2. The second-order valence-corrected chi connectivity index (χ2v) is 5.00. The summed E-state index contributed by atoms with van der Waals surface area (Å²) in [7, 11) is 3.59. The quantitative estimate of drug-likeness (QED) is 0.662. The van der Waals surface area contributed by atoms with E-state index in [1.807, 2.05) is 46.0 Å². The van der Waals surface area contributed by atoms with Crippen LogP contribution in [0.5, 0.6) is 5.75 Å². The van der Waals surface area contributed by atoms with Crippen molar-refractivity contribution in [2.24, 2.45) is 4.99 Å². The summed E-state index contributed by atoms with van der Waals surface area (Å²) in [4.78, 5) is 4.08. The van der Waals surface area contributed by atoms with Crippen LogP contribution in [0.2, 0.25) is 0 Å². The van der Waals surface area contributed by atoms with Gasteiger partial charge in [-0.2, -0.15) is 0 Å². The predicted octanol–water partition coefficient (Wildman–Crippen LogP) is 2.74. The fourth-order valence-corrected chi connectivity index (χ4v) is 1.54. The van der Waals surface area contributed by atoms with Crippen LogP contribution in [-0.2, 0) is 6.54 Å². The molecule has 5 heteroatoms. The first-order valence-electron chi connectivity index (χ1n) is 6.11. The van der Waals surface area contributed by atoms with E-state index in [9.17, 15) is 0 Å². The molecular weight excluding hydrogens is 306 g/mol. The van der Waals surface area contributed by atoms with Gasteiger partial charge in [0, 0.05) is 26.2 Å². The molecule has 2 N–H and O–H groups in total. The molecule has 0 spiro atoms. The average Bonchev–Trinajstić information content (AvgIpc) is 2.30. The summed E-state index contributed by atoms with van der Waals surface area (Å²) in [5, 5.41) is 6.21. The van der Waals surface area contributed by atoms with Gasteiger partial charge in [0.1, 0.15) is 11.4 Å². The van der Waals surface area contributed by atoms with Crippen LogP contribution < -0.4 is 15.4 Å². The smallest absolute Gasteiger partial charge is 0.190 e. The van der Waals surface area contributed by atoms with Gasteiger partial charge in [-0.15, -0.1) is 17.0 Å². The van der Waals surface area contributed by atoms with Crippen molar-refractivity contribution in [3.05, 3.63) is 29.8 Å². The van der Waals surface area contributed by atoms with Gasteiger partial charge in [-0.1, -0.05) is 18.2 Å². The molecule has 4 nitrogen and oxygen atoms in total. The number of para-hydroxylation sites is 1. The van der Waals surface area contributed by atoms with Crippen LogP contribution >= 0.6 is 17.0 Å². The molecule has 0 aliphatic carbocycles. The zero-order valence-electron chi connectivity index (χ0n) is 12.3. The van der Waals surface area contributed by atoms with Crippen molar-refractivity contribution in [1.82, 2.24) is 10.6 Å². The van der Waals surface area contributed by atoms with Crippen LogP contribution in [0.4, 0.5) is 0 Å². The van der Waals surface area contributed by atoms with E-state index in [0.29, 0.717) is 6.54 Å². The molecule has 0 radical (unpaired) electrons. The van der Waals surface area contributed by atoms with Gasteiger partial charge in [-0.3, -0.25) is 4.99 Å². The molecule has 0 atom stereocenters. The van der Waals surface area contributed by atoms with Gasteiger partial charge in [0.15, 0.2) is 5.96 Å². The largest absolute Gasteiger partial charge is 0.488 e. The molecule has 0 fully saturated rings. The van der Waals surface area contributed by atoms with E-state index in [1.54, 1.807) is 7.05 Å². The standard InChI is InChI=1S/C14H23N3O.BrH/c1-14(2,3)18-12-9-7-6-8-11(12)10-17-13(15-4)16-5;/h6-9H,10H2,1-5H3,(H2,15,16,17);1H. The van der Waals surface area contributed by atoms with Crippen LogP contribution in [0, 0.1) is 0 Å². The highest BCUT2D eigenvalue weighted by molar-refractivity contribution is 8.93. The Labute approximate surface area is 126 Å². The summed E-state index contributed by atoms with van der Waals surface area (Å²) in [6.07, 6.45) is 0. The van der Waals surface area contributed by atoms with Gasteiger partial charge in [0.25, 0.3) is 0 Å². The van der Waals surface area contributed by atoms with Gasteiger partial charge in [-0.05, 0) is 26.8 Å². The molecular formula is C14H24BrN3O. The Bertz CT molecular complexity index is 413. The lowest BCUT2D eigenvalue weighted by molar-refractivity contribution is 0.129. The first-order chi connectivity index (χ1) is 8.46. The molecule has 0 saturated carbocycles. The SMILES string of the molecule is Br.CN=C(NC)NCc1ccccc1OC(C)(C)C. The van der Waals surface area contributed by atoms with Crippen molar-refractivity contribution in [1.29, 1.82) is 0 Å². The maximum absolute atomic E-state index is 5.93. The minimum absolute atomic E-state index is 0. The van der Waals surface area contributed by atoms with Crippen molar-refractivity contribution < 1.29 is 4.74 Å². The predicted molar refractivity (Wildman–Crippen MR) is 86.4 cm³/mol. The number of rotatable bonds is 3. The zero-order chi connectivity index (χ0) is 13.6. The Kier molecular flexibility index (Phi) is 7.52. The van der Waals surface area contributed by atoms with Crippen molar-refractivity contribution >= 4 is 22.9 Å². The van der Waals surface area contributed by atoms with Crippen LogP contribution in [0.3, 0.4) is 0 Å². The van der Waals surface area contributed by atoms with E-state index in [4.69, 9.17) is 4.74 Å². The number of hydrogen-bond acceptors (Lipinski definition) is 2. The molecule has 1 aromatic carbocycles. The van der Waals surface area contributed by atoms with Gasteiger partial charge in [-0.25, -0.2) is 0 Å².